The van der Waals surface area contributed by atoms with Crippen LogP contribution in [0.15, 0.2) is 6.20 Å². The van der Waals surface area contributed by atoms with Crippen molar-refractivity contribution in [3.05, 3.63) is 11.1 Å². The Kier molecular flexibility index (Phi) is 3.48. The highest BCUT2D eigenvalue weighted by Crippen LogP contribution is 2.23. The smallest absolute Gasteiger partial charge is 0.0666 e. The molecule has 1 aromatic heterocycles. The Morgan fingerprint density at radius 2 is 2.50 bits per heavy atom. The summed E-state index contributed by atoms with van der Waals surface area (Å²) in [6, 6.07) is 0.709. The van der Waals surface area contributed by atoms with E-state index in [1.54, 1.807) is 0 Å². The van der Waals surface area contributed by atoms with Crippen LogP contribution in [0.2, 0.25) is 0 Å². The van der Waals surface area contributed by atoms with Crippen LogP contribution in [0.5, 0.6) is 0 Å². The molecular formula is C10H17N3S. The summed E-state index contributed by atoms with van der Waals surface area (Å²) in [6.07, 6.45) is 7.28. The largest absolute Gasteiger partial charge is 0.309 e. The maximum absolute atomic E-state index is 3.85. The van der Waals surface area contributed by atoms with Crippen molar-refractivity contribution in [3.63, 3.8) is 0 Å². The molecule has 2 unspecified atom stereocenters. The maximum Gasteiger partial charge on any atom is 0.0666 e. The molecule has 78 valence electrons. The van der Waals surface area contributed by atoms with Gasteiger partial charge in [-0.1, -0.05) is 24.3 Å². The van der Waals surface area contributed by atoms with Crippen LogP contribution in [0.3, 0.4) is 0 Å². The lowest BCUT2D eigenvalue weighted by Gasteiger charge is -2.27. The summed E-state index contributed by atoms with van der Waals surface area (Å²) >= 11 is 1.49. The molecule has 2 rings (SSSR count). The van der Waals surface area contributed by atoms with Gasteiger partial charge in [0.1, 0.15) is 0 Å². The van der Waals surface area contributed by atoms with Crippen LogP contribution in [-0.4, -0.2) is 15.6 Å². The van der Waals surface area contributed by atoms with Crippen molar-refractivity contribution < 1.29 is 0 Å². The molecule has 1 fully saturated rings. The van der Waals surface area contributed by atoms with Crippen LogP contribution < -0.4 is 5.32 Å². The Morgan fingerprint density at radius 3 is 3.21 bits per heavy atom. The molecule has 14 heavy (non-hydrogen) atoms. The zero-order valence-corrected chi connectivity index (χ0v) is 9.39. The molecule has 0 bridgehead atoms. The minimum absolute atomic E-state index is 0.709. The van der Waals surface area contributed by atoms with Crippen molar-refractivity contribution in [2.24, 2.45) is 5.92 Å². The Bertz CT molecular complexity index is 260. The van der Waals surface area contributed by atoms with Crippen molar-refractivity contribution >= 4 is 11.5 Å². The third kappa shape index (κ3) is 2.75. The predicted molar refractivity (Wildman–Crippen MR) is 58.2 cm³/mol. The van der Waals surface area contributed by atoms with Gasteiger partial charge in [0.15, 0.2) is 0 Å². The van der Waals surface area contributed by atoms with Crippen molar-refractivity contribution in [1.82, 2.24) is 14.9 Å². The van der Waals surface area contributed by atoms with E-state index in [1.807, 2.05) is 6.20 Å². The van der Waals surface area contributed by atoms with Gasteiger partial charge >= 0.3 is 0 Å². The molecule has 3 nitrogen and oxygen atoms in total. The number of rotatable bonds is 3. The predicted octanol–water partition coefficient (Wildman–Crippen LogP) is 2.21. The average Bonchev–Trinajstić information content (AvgIpc) is 2.67. The van der Waals surface area contributed by atoms with Gasteiger partial charge in [-0.05, 0) is 30.3 Å². The zero-order valence-electron chi connectivity index (χ0n) is 8.57. The van der Waals surface area contributed by atoms with E-state index >= 15 is 0 Å². The van der Waals surface area contributed by atoms with Crippen LogP contribution >= 0.6 is 11.5 Å². The lowest BCUT2D eigenvalue weighted by atomic mass is 9.87. The summed E-state index contributed by atoms with van der Waals surface area (Å²) in [6.45, 7) is 3.29. The fourth-order valence-corrected chi connectivity index (χ4v) is 2.57. The minimum Gasteiger partial charge on any atom is -0.309 e. The molecular weight excluding hydrogens is 194 g/mol. The number of nitrogens with zero attached hydrogens (tertiary/aromatic N) is 2. The van der Waals surface area contributed by atoms with E-state index in [1.165, 1.54) is 42.1 Å². The van der Waals surface area contributed by atoms with E-state index < -0.39 is 0 Å². The zero-order chi connectivity index (χ0) is 9.80. The average molecular weight is 211 g/mol. The van der Waals surface area contributed by atoms with E-state index in [9.17, 15) is 0 Å². The van der Waals surface area contributed by atoms with Gasteiger partial charge in [-0.2, -0.15) is 0 Å². The van der Waals surface area contributed by atoms with Crippen molar-refractivity contribution in [1.29, 1.82) is 0 Å². The van der Waals surface area contributed by atoms with Gasteiger partial charge in [0, 0.05) is 12.6 Å². The summed E-state index contributed by atoms with van der Waals surface area (Å²) < 4.78 is 3.85. The van der Waals surface area contributed by atoms with Crippen LogP contribution in [0.1, 0.15) is 37.5 Å². The number of hydrogen-bond acceptors (Lipinski definition) is 4. The molecule has 1 aliphatic carbocycles. The van der Waals surface area contributed by atoms with Crippen molar-refractivity contribution in [2.45, 2.75) is 45.2 Å². The maximum atomic E-state index is 3.85. The number of hydrogen-bond donors (Lipinski definition) is 1. The molecule has 2 atom stereocenters. The molecule has 1 N–H and O–H groups in total. The number of aromatic nitrogens is 2. The van der Waals surface area contributed by atoms with Gasteiger partial charge in [-0.25, -0.2) is 0 Å². The van der Waals surface area contributed by atoms with E-state index in [0.29, 0.717) is 6.04 Å². The first kappa shape index (κ1) is 10.1. The van der Waals surface area contributed by atoms with Gasteiger partial charge in [0.05, 0.1) is 11.1 Å². The van der Waals surface area contributed by atoms with Gasteiger partial charge in [0.2, 0.25) is 0 Å². The standard InChI is InChI=1S/C10H17N3S/c1-8-3-2-4-9(5-8)11-6-10-7-12-13-14-10/h7-9,11H,2-6H2,1H3. The molecule has 1 aromatic rings. The molecule has 0 aromatic carbocycles. The molecule has 1 saturated carbocycles. The summed E-state index contributed by atoms with van der Waals surface area (Å²) in [4.78, 5) is 1.24. The lowest BCUT2D eigenvalue weighted by molar-refractivity contribution is 0.301. The second-order valence-electron chi connectivity index (χ2n) is 4.23. The fraction of sp³-hybridized carbons (Fsp3) is 0.800. The minimum atomic E-state index is 0.709. The van der Waals surface area contributed by atoms with Gasteiger partial charge in [-0.3, -0.25) is 0 Å². The first-order valence-corrected chi connectivity index (χ1v) is 6.11. The highest BCUT2D eigenvalue weighted by molar-refractivity contribution is 7.05. The summed E-state index contributed by atoms with van der Waals surface area (Å²) in [5.74, 6) is 0.890. The van der Waals surface area contributed by atoms with E-state index in [2.05, 4.69) is 21.8 Å². The normalized spacial score (nSPS) is 27.8. The lowest BCUT2D eigenvalue weighted by Crippen LogP contribution is -2.32. The van der Waals surface area contributed by atoms with Gasteiger partial charge in [0.25, 0.3) is 0 Å². The van der Waals surface area contributed by atoms with Crippen LogP contribution in [-0.2, 0) is 6.54 Å². The molecule has 0 amide bonds. The Balaban J connectivity index is 1.75. The second kappa shape index (κ2) is 4.84. The SMILES string of the molecule is CC1CCCC(NCc2cnns2)C1. The van der Waals surface area contributed by atoms with Gasteiger partial charge in [-0.15, -0.1) is 5.10 Å². The molecule has 0 saturated heterocycles. The van der Waals surface area contributed by atoms with E-state index in [0.717, 1.165) is 12.5 Å². The van der Waals surface area contributed by atoms with Gasteiger partial charge < -0.3 is 5.32 Å². The Labute approximate surface area is 89.1 Å². The molecule has 1 heterocycles. The fourth-order valence-electron chi connectivity index (χ4n) is 2.13. The van der Waals surface area contributed by atoms with Crippen LogP contribution in [0.4, 0.5) is 0 Å². The molecule has 4 heteroatoms. The summed E-state index contributed by atoms with van der Waals surface area (Å²) in [5.41, 5.74) is 0. The Hall–Kier alpha value is -0.480. The van der Waals surface area contributed by atoms with Crippen molar-refractivity contribution in [3.8, 4) is 0 Å². The second-order valence-corrected chi connectivity index (χ2v) is 5.10. The molecule has 1 aliphatic rings. The van der Waals surface area contributed by atoms with Crippen LogP contribution in [0, 0.1) is 5.92 Å². The molecule has 0 spiro atoms. The van der Waals surface area contributed by atoms with Crippen molar-refractivity contribution in [2.75, 3.05) is 0 Å². The first-order valence-electron chi connectivity index (χ1n) is 5.34. The number of nitrogens with one attached hydrogen (secondary N) is 1. The monoisotopic (exact) mass is 211 g/mol. The molecule has 0 aliphatic heterocycles. The summed E-state index contributed by atoms with van der Waals surface area (Å²) in [7, 11) is 0. The van der Waals surface area contributed by atoms with E-state index in [-0.39, 0.29) is 0 Å². The summed E-state index contributed by atoms with van der Waals surface area (Å²) in [5, 5.41) is 7.41. The molecule has 0 radical (unpaired) electrons. The highest BCUT2D eigenvalue weighted by Gasteiger charge is 2.18. The highest BCUT2D eigenvalue weighted by atomic mass is 32.1. The van der Waals surface area contributed by atoms with E-state index in [4.69, 9.17) is 0 Å². The topological polar surface area (TPSA) is 37.8 Å². The quantitative estimate of drug-likeness (QED) is 0.833. The third-order valence-corrected chi connectivity index (χ3v) is 3.57. The third-order valence-electron chi connectivity index (χ3n) is 2.91. The Morgan fingerprint density at radius 1 is 1.57 bits per heavy atom. The first-order chi connectivity index (χ1) is 6.84. The van der Waals surface area contributed by atoms with Crippen LogP contribution in [0.25, 0.3) is 0 Å².